The molecule has 2 N–H and O–H groups in total. The molecule has 1 aliphatic carbocycles. The molecule has 0 bridgehead atoms. The molecule has 0 unspecified atom stereocenters. The van der Waals surface area contributed by atoms with Crippen molar-refractivity contribution in [2.24, 2.45) is 0 Å². The molecular formula is C15H18FN3O. The van der Waals surface area contributed by atoms with Gasteiger partial charge in [0.25, 0.3) is 5.91 Å². The van der Waals surface area contributed by atoms with Gasteiger partial charge in [0.2, 0.25) is 0 Å². The molecule has 1 atom stereocenters. The number of hydrogen-bond acceptors (Lipinski definition) is 3. The SMILES string of the molecule is O=C1N[C@H]2CCNCCN2c2cc(C3CC3)cc(F)c21. The fourth-order valence-electron chi connectivity index (χ4n) is 3.25. The molecule has 4 rings (SSSR count). The van der Waals surface area contributed by atoms with Gasteiger partial charge in [-0.05, 0) is 49.4 Å². The van der Waals surface area contributed by atoms with Crippen LogP contribution >= 0.6 is 0 Å². The predicted molar refractivity (Wildman–Crippen MR) is 74.5 cm³/mol. The number of benzene rings is 1. The van der Waals surface area contributed by atoms with E-state index in [0.29, 0.717) is 5.92 Å². The maximum atomic E-state index is 14.3. The van der Waals surface area contributed by atoms with Crippen LogP contribution in [0.4, 0.5) is 10.1 Å². The maximum Gasteiger partial charge on any atom is 0.257 e. The van der Waals surface area contributed by atoms with Crippen molar-refractivity contribution in [3.63, 3.8) is 0 Å². The molecule has 20 heavy (non-hydrogen) atoms. The molecule has 1 saturated carbocycles. The van der Waals surface area contributed by atoms with E-state index in [1.165, 1.54) is 0 Å². The Morgan fingerprint density at radius 3 is 2.85 bits per heavy atom. The van der Waals surface area contributed by atoms with Crippen molar-refractivity contribution in [1.29, 1.82) is 0 Å². The summed E-state index contributed by atoms with van der Waals surface area (Å²) in [5, 5.41) is 6.25. The van der Waals surface area contributed by atoms with Crippen LogP contribution in [0, 0.1) is 5.82 Å². The highest BCUT2D eigenvalue weighted by Gasteiger charge is 2.35. The second kappa shape index (κ2) is 4.45. The fourth-order valence-corrected chi connectivity index (χ4v) is 3.25. The minimum Gasteiger partial charge on any atom is -0.349 e. The van der Waals surface area contributed by atoms with E-state index < -0.39 is 0 Å². The Kier molecular flexibility index (Phi) is 2.70. The topological polar surface area (TPSA) is 44.4 Å². The zero-order chi connectivity index (χ0) is 13.7. The first-order valence-corrected chi connectivity index (χ1v) is 7.36. The van der Waals surface area contributed by atoms with E-state index >= 15 is 0 Å². The summed E-state index contributed by atoms with van der Waals surface area (Å²) in [6.07, 6.45) is 3.10. The van der Waals surface area contributed by atoms with Crippen LogP contribution in [0.2, 0.25) is 0 Å². The minimum absolute atomic E-state index is 0.0150. The number of nitrogens with zero attached hydrogens (tertiary/aromatic N) is 1. The smallest absolute Gasteiger partial charge is 0.257 e. The van der Waals surface area contributed by atoms with E-state index in [0.717, 1.165) is 50.1 Å². The average Bonchev–Trinajstić information content (AvgIpc) is 3.25. The van der Waals surface area contributed by atoms with E-state index in [1.54, 1.807) is 6.07 Å². The van der Waals surface area contributed by atoms with Crippen molar-refractivity contribution < 1.29 is 9.18 Å². The normalized spacial score (nSPS) is 25.6. The summed E-state index contributed by atoms with van der Waals surface area (Å²) in [6.45, 7) is 2.54. The molecule has 0 aromatic heterocycles. The number of carbonyl (C=O) groups excluding carboxylic acids is 1. The lowest BCUT2D eigenvalue weighted by atomic mass is 10.0. The molecule has 1 aromatic rings. The van der Waals surface area contributed by atoms with Gasteiger partial charge in [-0.2, -0.15) is 0 Å². The van der Waals surface area contributed by atoms with Crippen molar-refractivity contribution in [1.82, 2.24) is 10.6 Å². The number of carbonyl (C=O) groups is 1. The third-order valence-electron chi connectivity index (χ3n) is 4.47. The second-order valence-corrected chi connectivity index (χ2v) is 5.89. The van der Waals surface area contributed by atoms with Crippen LogP contribution in [-0.4, -0.2) is 31.7 Å². The standard InChI is InChI=1S/C15H18FN3O/c16-11-7-10(9-1-2-9)8-12-14(11)15(20)18-13-3-4-17-5-6-19(12)13/h7-9,13,17H,1-6H2,(H,18,20)/t13-/m1/s1. The van der Waals surface area contributed by atoms with Gasteiger partial charge in [0.1, 0.15) is 12.0 Å². The van der Waals surface area contributed by atoms with Crippen molar-refractivity contribution in [3.8, 4) is 0 Å². The molecule has 106 valence electrons. The quantitative estimate of drug-likeness (QED) is 0.818. The zero-order valence-electron chi connectivity index (χ0n) is 11.3. The molecule has 3 aliphatic rings. The number of rotatable bonds is 1. The number of nitrogens with one attached hydrogen (secondary N) is 2. The van der Waals surface area contributed by atoms with Crippen LogP contribution in [0.3, 0.4) is 0 Å². The fraction of sp³-hybridized carbons (Fsp3) is 0.533. The molecule has 2 aliphatic heterocycles. The van der Waals surface area contributed by atoms with E-state index in [4.69, 9.17) is 0 Å². The summed E-state index contributed by atoms with van der Waals surface area (Å²) < 4.78 is 14.3. The number of halogens is 1. The lowest BCUT2D eigenvalue weighted by molar-refractivity contribution is 0.0922. The third kappa shape index (κ3) is 1.88. The highest BCUT2D eigenvalue weighted by molar-refractivity contribution is 6.02. The first-order chi connectivity index (χ1) is 9.74. The van der Waals surface area contributed by atoms with Gasteiger partial charge in [-0.3, -0.25) is 4.79 Å². The molecule has 0 radical (unpaired) electrons. The van der Waals surface area contributed by atoms with Gasteiger partial charge in [-0.15, -0.1) is 0 Å². The molecule has 1 amide bonds. The molecule has 2 fully saturated rings. The Balaban J connectivity index is 1.82. The van der Waals surface area contributed by atoms with Gasteiger partial charge in [-0.1, -0.05) is 0 Å². The highest BCUT2D eigenvalue weighted by Crippen LogP contribution is 2.43. The van der Waals surface area contributed by atoms with Crippen LogP contribution in [0.15, 0.2) is 12.1 Å². The molecule has 0 spiro atoms. The van der Waals surface area contributed by atoms with Gasteiger partial charge < -0.3 is 15.5 Å². The summed E-state index contributed by atoms with van der Waals surface area (Å²) in [5.41, 5.74) is 2.05. The Hall–Kier alpha value is -1.62. The van der Waals surface area contributed by atoms with Crippen LogP contribution in [0.25, 0.3) is 0 Å². The van der Waals surface area contributed by atoms with Gasteiger partial charge in [0.05, 0.1) is 11.3 Å². The molecule has 5 heteroatoms. The number of anilines is 1. The highest BCUT2D eigenvalue weighted by atomic mass is 19.1. The van der Waals surface area contributed by atoms with E-state index in [1.807, 2.05) is 6.07 Å². The zero-order valence-corrected chi connectivity index (χ0v) is 11.3. The van der Waals surface area contributed by atoms with Gasteiger partial charge >= 0.3 is 0 Å². The molecule has 1 saturated heterocycles. The summed E-state index contributed by atoms with van der Waals surface area (Å²) in [4.78, 5) is 14.3. The van der Waals surface area contributed by atoms with Crippen LogP contribution in [0.1, 0.15) is 41.1 Å². The van der Waals surface area contributed by atoms with Gasteiger partial charge in [-0.25, -0.2) is 4.39 Å². The molecular weight excluding hydrogens is 257 g/mol. The first-order valence-electron chi connectivity index (χ1n) is 7.36. The van der Waals surface area contributed by atoms with E-state index in [-0.39, 0.29) is 23.5 Å². The third-order valence-corrected chi connectivity index (χ3v) is 4.47. The first kappa shape index (κ1) is 12.1. The predicted octanol–water partition coefficient (Wildman–Crippen LogP) is 1.57. The Labute approximate surface area is 117 Å². The Morgan fingerprint density at radius 2 is 2.05 bits per heavy atom. The molecule has 1 aromatic carbocycles. The average molecular weight is 275 g/mol. The van der Waals surface area contributed by atoms with Crippen molar-refractivity contribution in [3.05, 3.63) is 29.1 Å². The molecule has 2 heterocycles. The van der Waals surface area contributed by atoms with Crippen molar-refractivity contribution in [2.45, 2.75) is 31.3 Å². The van der Waals surface area contributed by atoms with Crippen LogP contribution in [0.5, 0.6) is 0 Å². The number of amides is 1. The van der Waals surface area contributed by atoms with E-state index in [2.05, 4.69) is 15.5 Å². The minimum atomic E-state index is -0.377. The van der Waals surface area contributed by atoms with Crippen LogP contribution in [-0.2, 0) is 0 Å². The monoisotopic (exact) mass is 275 g/mol. The Morgan fingerprint density at radius 1 is 1.20 bits per heavy atom. The Bertz CT molecular complexity index is 570. The summed E-state index contributed by atoms with van der Waals surface area (Å²) in [6, 6.07) is 3.58. The summed E-state index contributed by atoms with van der Waals surface area (Å²) in [5.74, 6) is -0.163. The van der Waals surface area contributed by atoms with Crippen LogP contribution < -0.4 is 15.5 Å². The summed E-state index contributed by atoms with van der Waals surface area (Å²) in [7, 11) is 0. The van der Waals surface area contributed by atoms with E-state index in [9.17, 15) is 9.18 Å². The number of fused-ring (bicyclic) bond motifs is 3. The largest absolute Gasteiger partial charge is 0.349 e. The van der Waals surface area contributed by atoms with Gasteiger partial charge in [0.15, 0.2) is 0 Å². The maximum absolute atomic E-state index is 14.3. The summed E-state index contributed by atoms with van der Waals surface area (Å²) >= 11 is 0. The number of hydrogen-bond donors (Lipinski definition) is 2. The van der Waals surface area contributed by atoms with Crippen molar-refractivity contribution in [2.75, 3.05) is 24.5 Å². The van der Waals surface area contributed by atoms with Crippen molar-refractivity contribution >= 4 is 11.6 Å². The van der Waals surface area contributed by atoms with Gasteiger partial charge in [0, 0.05) is 13.1 Å². The second-order valence-electron chi connectivity index (χ2n) is 5.89. The lowest BCUT2D eigenvalue weighted by Gasteiger charge is -2.38. The lowest BCUT2D eigenvalue weighted by Crippen LogP contribution is -2.53. The molecule has 4 nitrogen and oxygen atoms in total.